The minimum Gasteiger partial charge on any atom is -0.493 e. The number of methoxy groups -OCH3 is 3. The van der Waals surface area contributed by atoms with Gasteiger partial charge in [0.1, 0.15) is 0 Å². The molecular weight excluding hydrogens is 561 g/mol. The van der Waals surface area contributed by atoms with Crippen LogP contribution < -0.4 is 24.4 Å². The van der Waals surface area contributed by atoms with Crippen LogP contribution in [0.15, 0.2) is 60.7 Å². The molecule has 2 fully saturated rings. The van der Waals surface area contributed by atoms with E-state index in [1.54, 1.807) is 46.2 Å². The van der Waals surface area contributed by atoms with Crippen LogP contribution in [0.5, 0.6) is 17.2 Å². The molecule has 2 aliphatic rings. The topological polar surface area (TPSA) is 68.3 Å². The minimum atomic E-state index is -3.30. The summed E-state index contributed by atoms with van der Waals surface area (Å²) in [5.41, 5.74) is 0.909. The third-order valence-corrected chi connectivity index (χ3v) is 8.69. The second-order valence-corrected chi connectivity index (χ2v) is 11.2. The van der Waals surface area contributed by atoms with E-state index in [2.05, 4.69) is 0 Å². The molecule has 11 heteroatoms. The predicted molar refractivity (Wildman–Crippen MR) is 151 cm³/mol. The van der Waals surface area contributed by atoms with Crippen molar-refractivity contribution in [1.82, 2.24) is 4.90 Å². The van der Waals surface area contributed by atoms with E-state index in [4.69, 9.17) is 25.8 Å². The van der Waals surface area contributed by atoms with Crippen molar-refractivity contribution < 1.29 is 32.2 Å². The smallest absolute Gasteiger partial charge is 0.298 e. The molecular formula is C29H28ClF2N2O5P. The number of β-lactam (4-membered cyclic amide) rings is 1. The molecule has 40 heavy (non-hydrogen) atoms. The molecule has 1 spiro atoms. The molecule has 210 valence electrons. The second kappa shape index (κ2) is 11.2. The Balaban J connectivity index is 1.43. The first-order valence-corrected chi connectivity index (χ1v) is 14.1. The van der Waals surface area contributed by atoms with Crippen LogP contribution in [0.25, 0.3) is 0 Å². The second-order valence-electron chi connectivity index (χ2n) is 9.74. The summed E-state index contributed by atoms with van der Waals surface area (Å²) < 4.78 is 43.2. The molecule has 0 aliphatic carbocycles. The SMILES string of the molecule is COc1cc(C(=O)N2CCC3(CC2)C(=O)N(c2cccc(P(F)F)c2)C3c2ccc(Cl)cc2)cc(OC)c1OC. The first-order valence-electron chi connectivity index (χ1n) is 12.6. The highest BCUT2D eigenvalue weighted by molar-refractivity contribution is 7.55. The van der Waals surface area contributed by atoms with E-state index in [0.717, 1.165) is 5.56 Å². The fourth-order valence-electron chi connectivity index (χ4n) is 5.77. The monoisotopic (exact) mass is 588 g/mol. The van der Waals surface area contributed by atoms with E-state index in [-0.39, 0.29) is 23.2 Å². The highest BCUT2D eigenvalue weighted by Gasteiger charge is 2.62. The summed E-state index contributed by atoms with van der Waals surface area (Å²) in [5, 5.41) is 0.477. The van der Waals surface area contributed by atoms with Crippen LogP contribution in [-0.4, -0.2) is 51.1 Å². The van der Waals surface area contributed by atoms with E-state index in [0.29, 0.717) is 59.5 Å². The fraction of sp³-hybridized carbons (Fsp3) is 0.310. The molecule has 0 bridgehead atoms. The molecule has 7 nitrogen and oxygen atoms in total. The van der Waals surface area contributed by atoms with Gasteiger partial charge in [-0.3, -0.25) is 9.59 Å². The summed E-state index contributed by atoms with van der Waals surface area (Å²) in [7, 11) is 1.16. The number of carbonyl (C=O) groups is 2. The summed E-state index contributed by atoms with van der Waals surface area (Å²) in [6.45, 7) is 0.693. The number of hydrogen-bond acceptors (Lipinski definition) is 5. The number of halogens is 3. The Labute approximate surface area is 237 Å². The van der Waals surface area contributed by atoms with Crippen molar-refractivity contribution in [1.29, 1.82) is 0 Å². The molecule has 3 aromatic carbocycles. The van der Waals surface area contributed by atoms with Crippen molar-refractivity contribution in [2.24, 2.45) is 5.41 Å². The molecule has 0 N–H and O–H groups in total. The van der Waals surface area contributed by atoms with Crippen LogP contribution in [0.3, 0.4) is 0 Å². The highest BCUT2D eigenvalue weighted by Crippen LogP contribution is 2.58. The van der Waals surface area contributed by atoms with Crippen molar-refractivity contribution >= 4 is 43.0 Å². The summed E-state index contributed by atoms with van der Waals surface area (Å²) in [4.78, 5) is 30.6. The van der Waals surface area contributed by atoms with Gasteiger partial charge in [-0.1, -0.05) is 29.8 Å². The van der Waals surface area contributed by atoms with Gasteiger partial charge in [0.15, 0.2) is 11.5 Å². The van der Waals surface area contributed by atoms with Gasteiger partial charge >= 0.3 is 0 Å². The predicted octanol–water partition coefficient (Wildman–Crippen LogP) is 6.25. The quantitative estimate of drug-likeness (QED) is 0.241. The summed E-state index contributed by atoms with van der Waals surface area (Å²) in [5.74, 6) is 0.791. The Kier molecular flexibility index (Phi) is 7.89. The standard InChI is InChI=1S/C29H28ClF2N2O5P/c1-37-23-15-19(16-24(38-2)25(23)39-3)27(35)33-13-11-29(12-14-33)26(18-7-9-20(30)10-8-18)34(28(29)36)21-5-4-6-22(17-21)40(31)32/h4-10,15-17,26H,11-14H2,1-3H3. The minimum absolute atomic E-state index is 0.0816. The summed E-state index contributed by atoms with van der Waals surface area (Å²) in [6.07, 6.45) is 0.842. The number of amides is 2. The molecule has 0 radical (unpaired) electrons. The van der Waals surface area contributed by atoms with Gasteiger partial charge in [0.05, 0.1) is 32.8 Å². The fourth-order valence-corrected chi connectivity index (χ4v) is 6.32. The Morgan fingerprint density at radius 1 is 0.950 bits per heavy atom. The molecule has 2 aliphatic heterocycles. The first kappa shape index (κ1) is 28.1. The van der Waals surface area contributed by atoms with Gasteiger partial charge < -0.3 is 24.0 Å². The molecule has 3 aromatic rings. The van der Waals surface area contributed by atoms with Crippen LogP contribution in [-0.2, 0) is 4.79 Å². The van der Waals surface area contributed by atoms with Crippen LogP contribution in [0.4, 0.5) is 14.1 Å². The largest absolute Gasteiger partial charge is 0.493 e. The number of likely N-dealkylation sites (tertiary alicyclic amines) is 1. The van der Waals surface area contributed by atoms with Crippen molar-refractivity contribution in [2.75, 3.05) is 39.3 Å². The van der Waals surface area contributed by atoms with Crippen LogP contribution in [0, 0.1) is 5.41 Å². The number of anilines is 1. The normalized spacial score (nSPS) is 18.1. The van der Waals surface area contributed by atoms with Gasteiger partial charge in [0, 0.05) is 34.7 Å². The Morgan fingerprint density at radius 3 is 2.12 bits per heavy atom. The number of rotatable bonds is 7. The van der Waals surface area contributed by atoms with Gasteiger partial charge in [-0.25, -0.2) is 0 Å². The van der Waals surface area contributed by atoms with E-state index in [9.17, 15) is 18.0 Å². The van der Waals surface area contributed by atoms with Gasteiger partial charge in [-0.15, -0.1) is 0 Å². The Bertz CT molecular complexity index is 1410. The highest BCUT2D eigenvalue weighted by atomic mass is 35.5. The van der Waals surface area contributed by atoms with E-state index < -0.39 is 14.0 Å². The molecule has 0 saturated carbocycles. The maximum Gasteiger partial charge on any atom is 0.298 e. The molecule has 1 atom stereocenters. The van der Waals surface area contributed by atoms with Gasteiger partial charge in [0.2, 0.25) is 11.7 Å². The molecule has 1 unspecified atom stereocenters. The summed E-state index contributed by atoms with van der Waals surface area (Å²) in [6, 6.07) is 16.1. The molecule has 2 amide bonds. The maximum atomic E-state index is 13.8. The zero-order chi connectivity index (χ0) is 28.6. The lowest BCUT2D eigenvalue weighted by molar-refractivity contribution is -0.144. The Morgan fingerprint density at radius 2 is 1.57 bits per heavy atom. The number of nitrogens with zero attached hydrogens (tertiary/aromatic N) is 2. The third-order valence-electron chi connectivity index (χ3n) is 7.77. The van der Waals surface area contributed by atoms with Gasteiger partial charge in [-0.2, -0.15) is 8.39 Å². The number of ether oxygens (including phenoxy) is 3. The molecule has 2 heterocycles. The zero-order valence-corrected chi connectivity index (χ0v) is 23.8. The van der Waals surface area contributed by atoms with Crippen molar-refractivity contribution in [3.63, 3.8) is 0 Å². The molecule has 2 saturated heterocycles. The average Bonchev–Trinajstić information content (AvgIpc) is 2.99. The number of piperidine rings is 1. The lowest BCUT2D eigenvalue weighted by Gasteiger charge is -2.59. The average molecular weight is 589 g/mol. The number of benzene rings is 3. The van der Waals surface area contributed by atoms with Crippen molar-refractivity contribution in [3.8, 4) is 17.2 Å². The molecule has 5 rings (SSSR count). The number of carbonyl (C=O) groups excluding carboxylic acids is 2. The van der Waals surface area contributed by atoms with Crippen molar-refractivity contribution in [2.45, 2.75) is 18.9 Å². The Hall–Kier alpha value is -3.42. The lowest BCUT2D eigenvalue weighted by atomic mass is 9.62. The van der Waals surface area contributed by atoms with Crippen LogP contribution >= 0.6 is 20.1 Å². The first-order chi connectivity index (χ1) is 19.2. The van der Waals surface area contributed by atoms with E-state index in [1.807, 2.05) is 12.1 Å². The van der Waals surface area contributed by atoms with Crippen molar-refractivity contribution in [3.05, 3.63) is 76.8 Å². The lowest BCUT2D eigenvalue weighted by Crippen LogP contribution is -2.67. The summed E-state index contributed by atoms with van der Waals surface area (Å²) >= 11 is 6.14. The maximum absolute atomic E-state index is 13.8. The zero-order valence-electron chi connectivity index (χ0n) is 22.2. The molecule has 0 aromatic heterocycles. The third kappa shape index (κ3) is 4.75. The van der Waals surface area contributed by atoms with Gasteiger partial charge in [-0.05, 0) is 60.9 Å². The van der Waals surface area contributed by atoms with Crippen LogP contribution in [0.2, 0.25) is 5.02 Å². The van der Waals surface area contributed by atoms with Crippen LogP contribution in [0.1, 0.15) is 34.8 Å². The van der Waals surface area contributed by atoms with E-state index in [1.165, 1.54) is 33.5 Å². The van der Waals surface area contributed by atoms with Gasteiger partial charge in [0.25, 0.3) is 14.5 Å². The number of hydrogen-bond donors (Lipinski definition) is 0. The van der Waals surface area contributed by atoms with E-state index >= 15 is 0 Å².